The third-order valence-electron chi connectivity index (χ3n) is 3.69. The molecule has 0 aromatic heterocycles. The maximum atomic E-state index is 12.4. The standard InChI is InChI=1S/C13H17NO2S/c15-17(16,11-5-6-11)13-4-2-1-3-12(13)10-7-8-14-9-10/h1-4,10-11,14H,5-9H2. The maximum absolute atomic E-state index is 12.4. The molecule has 2 fully saturated rings. The van der Waals surface area contributed by atoms with Gasteiger partial charge in [0, 0.05) is 6.54 Å². The highest BCUT2D eigenvalue weighted by Gasteiger charge is 2.38. The lowest BCUT2D eigenvalue weighted by Gasteiger charge is -2.14. The minimum atomic E-state index is -3.06. The first-order chi connectivity index (χ1) is 8.19. The fourth-order valence-corrected chi connectivity index (χ4v) is 4.50. The normalized spacial score (nSPS) is 25.1. The van der Waals surface area contributed by atoms with Crippen molar-refractivity contribution in [3.05, 3.63) is 29.8 Å². The van der Waals surface area contributed by atoms with Gasteiger partial charge in [0.05, 0.1) is 10.1 Å². The van der Waals surface area contributed by atoms with Gasteiger partial charge in [0.25, 0.3) is 0 Å². The first kappa shape index (κ1) is 11.2. The Morgan fingerprint density at radius 3 is 2.53 bits per heavy atom. The average molecular weight is 251 g/mol. The number of hydrogen-bond acceptors (Lipinski definition) is 3. The van der Waals surface area contributed by atoms with E-state index in [0.29, 0.717) is 10.8 Å². The second-order valence-corrected chi connectivity index (χ2v) is 7.17. The molecule has 1 heterocycles. The Morgan fingerprint density at radius 2 is 1.88 bits per heavy atom. The Bertz CT molecular complexity index is 514. The summed E-state index contributed by atoms with van der Waals surface area (Å²) in [6, 6.07) is 7.54. The first-order valence-corrected chi connectivity index (χ1v) is 7.78. The fourth-order valence-electron chi connectivity index (χ4n) is 2.55. The van der Waals surface area contributed by atoms with Crippen LogP contribution in [0.4, 0.5) is 0 Å². The van der Waals surface area contributed by atoms with E-state index in [1.807, 2.05) is 18.2 Å². The summed E-state index contributed by atoms with van der Waals surface area (Å²) >= 11 is 0. The Hall–Kier alpha value is -0.870. The minimum absolute atomic E-state index is 0.113. The van der Waals surface area contributed by atoms with Gasteiger partial charge in [-0.2, -0.15) is 0 Å². The monoisotopic (exact) mass is 251 g/mol. The first-order valence-electron chi connectivity index (χ1n) is 6.23. The van der Waals surface area contributed by atoms with Gasteiger partial charge in [0.15, 0.2) is 9.84 Å². The topological polar surface area (TPSA) is 46.2 Å². The molecule has 1 aromatic rings. The third-order valence-corrected chi connectivity index (χ3v) is 6.02. The Balaban J connectivity index is 2.03. The molecule has 17 heavy (non-hydrogen) atoms. The summed E-state index contributed by atoms with van der Waals surface area (Å²) in [5, 5.41) is 3.19. The van der Waals surface area contributed by atoms with E-state index in [-0.39, 0.29) is 5.25 Å². The average Bonchev–Trinajstić information content (AvgIpc) is 3.06. The summed E-state index contributed by atoms with van der Waals surface area (Å²) in [6.45, 7) is 1.89. The van der Waals surface area contributed by atoms with Crippen molar-refractivity contribution in [2.75, 3.05) is 13.1 Å². The van der Waals surface area contributed by atoms with Crippen LogP contribution in [0.1, 0.15) is 30.7 Å². The zero-order valence-corrected chi connectivity index (χ0v) is 10.5. The summed E-state index contributed by atoms with van der Waals surface area (Å²) in [4.78, 5) is 0.580. The van der Waals surface area contributed by atoms with Crippen molar-refractivity contribution in [3.63, 3.8) is 0 Å². The van der Waals surface area contributed by atoms with Crippen LogP contribution in [-0.4, -0.2) is 26.8 Å². The second kappa shape index (κ2) is 4.10. The molecule has 1 saturated carbocycles. The number of rotatable bonds is 3. The molecule has 1 aromatic carbocycles. The molecule has 3 nitrogen and oxygen atoms in total. The Kier molecular flexibility index (Phi) is 2.71. The van der Waals surface area contributed by atoms with Crippen LogP contribution < -0.4 is 5.32 Å². The molecule has 0 amide bonds. The molecule has 2 aliphatic rings. The van der Waals surface area contributed by atoms with Crippen LogP contribution >= 0.6 is 0 Å². The zero-order valence-electron chi connectivity index (χ0n) is 9.72. The van der Waals surface area contributed by atoms with E-state index < -0.39 is 9.84 Å². The van der Waals surface area contributed by atoms with Crippen LogP contribution in [-0.2, 0) is 9.84 Å². The van der Waals surface area contributed by atoms with Crippen LogP contribution in [0.25, 0.3) is 0 Å². The summed E-state index contributed by atoms with van der Waals surface area (Å²) in [7, 11) is -3.06. The van der Waals surface area contributed by atoms with Crippen molar-refractivity contribution in [1.29, 1.82) is 0 Å². The number of nitrogens with one attached hydrogen (secondary N) is 1. The van der Waals surface area contributed by atoms with Crippen molar-refractivity contribution in [2.24, 2.45) is 0 Å². The van der Waals surface area contributed by atoms with Crippen molar-refractivity contribution in [1.82, 2.24) is 5.32 Å². The van der Waals surface area contributed by atoms with Crippen molar-refractivity contribution >= 4 is 9.84 Å². The second-order valence-electron chi connectivity index (χ2n) is 4.97. The van der Waals surface area contributed by atoms with Gasteiger partial charge in [-0.15, -0.1) is 0 Å². The highest BCUT2D eigenvalue weighted by molar-refractivity contribution is 7.92. The van der Waals surface area contributed by atoms with Crippen LogP contribution in [0, 0.1) is 0 Å². The molecule has 1 atom stereocenters. The van der Waals surface area contributed by atoms with Gasteiger partial charge < -0.3 is 5.32 Å². The molecule has 1 saturated heterocycles. The molecule has 1 aliphatic heterocycles. The van der Waals surface area contributed by atoms with Crippen molar-refractivity contribution in [3.8, 4) is 0 Å². The summed E-state index contributed by atoms with van der Waals surface area (Å²) in [5.41, 5.74) is 1.02. The van der Waals surface area contributed by atoms with E-state index in [2.05, 4.69) is 5.32 Å². The van der Waals surface area contributed by atoms with Gasteiger partial charge in [-0.25, -0.2) is 8.42 Å². The summed E-state index contributed by atoms with van der Waals surface area (Å²) < 4.78 is 24.7. The highest BCUT2D eigenvalue weighted by atomic mass is 32.2. The molecule has 92 valence electrons. The maximum Gasteiger partial charge on any atom is 0.181 e. The summed E-state index contributed by atoms with van der Waals surface area (Å²) in [5.74, 6) is 0.361. The van der Waals surface area contributed by atoms with Gasteiger partial charge >= 0.3 is 0 Å². The molecule has 0 spiro atoms. The molecule has 4 heteroatoms. The Labute approximate surface area is 102 Å². The smallest absolute Gasteiger partial charge is 0.181 e. The van der Waals surface area contributed by atoms with Crippen LogP contribution in [0.2, 0.25) is 0 Å². The molecular weight excluding hydrogens is 234 g/mol. The van der Waals surface area contributed by atoms with E-state index >= 15 is 0 Å². The molecule has 1 aliphatic carbocycles. The predicted molar refractivity (Wildman–Crippen MR) is 66.9 cm³/mol. The summed E-state index contributed by atoms with van der Waals surface area (Å²) in [6.07, 6.45) is 2.70. The van der Waals surface area contributed by atoms with E-state index in [4.69, 9.17) is 0 Å². The SMILES string of the molecule is O=S(=O)(c1ccccc1C1CCNC1)C1CC1. The van der Waals surface area contributed by atoms with Gasteiger partial charge in [0.2, 0.25) is 0 Å². The van der Waals surface area contributed by atoms with Crippen LogP contribution in [0.15, 0.2) is 29.2 Å². The predicted octanol–water partition coefficient (Wildman–Crippen LogP) is 1.70. The molecule has 1 N–H and O–H groups in total. The van der Waals surface area contributed by atoms with Crippen molar-refractivity contribution in [2.45, 2.75) is 35.3 Å². The van der Waals surface area contributed by atoms with Gasteiger partial charge in [-0.3, -0.25) is 0 Å². The Morgan fingerprint density at radius 1 is 1.12 bits per heavy atom. The van der Waals surface area contributed by atoms with Crippen LogP contribution in [0.3, 0.4) is 0 Å². The lowest BCUT2D eigenvalue weighted by Crippen LogP contribution is -2.14. The zero-order chi connectivity index (χ0) is 11.9. The number of benzene rings is 1. The third kappa shape index (κ3) is 2.00. The van der Waals surface area contributed by atoms with E-state index in [9.17, 15) is 8.42 Å². The fraction of sp³-hybridized carbons (Fsp3) is 0.538. The number of sulfone groups is 1. The lowest BCUT2D eigenvalue weighted by molar-refractivity contribution is 0.591. The van der Waals surface area contributed by atoms with Gasteiger partial charge in [-0.05, 0) is 43.4 Å². The molecular formula is C13H17NO2S. The van der Waals surface area contributed by atoms with Gasteiger partial charge in [0.1, 0.15) is 0 Å². The minimum Gasteiger partial charge on any atom is -0.316 e. The molecule has 3 rings (SSSR count). The lowest BCUT2D eigenvalue weighted by atomic mass is 9.99. The largest absolute Gasteiger partial charge is 0.316 e. The molecule has 0 radical (unpaired) electrons. The molecule has 0 bridgehead atoms. The van der Waals surface area contributed by atoms with E-state index in [1.165, 1.54) is 0 Å². The highest BCUT2D eigenvalue weighted by Crippen LogP contribution is 2.37. The van der Waals surface area contributed by atoms with Crippen LogP contribution in [0.5, 0.6) is 0 Å². The van der Waals surface area contributed by atoms with E-state index in [1.54, 1.807) is 6.07 Å². The van der Waals surface area contributed by atoms with E-state index in [0.717, 1.165) is 37.9 Å². The quantitative estimate of drug-likeness (QED) is 0.889. The number of hydrogen-bond donors (Lipinski definition) is 1. The van der Waals surface area contributed by atoms with Gasteiger partial charge in [-0.1, -0.05) is 18.2 Å². The van der Waals surface area contributed by atoms with Crippen molar-refractivity contribution < 1.29 is 8.42 Å². The molecule has 1 unspecified atom stereocenters.